The fourth-order valence-corrected chi connectivity index (χ4v) is 2.20. The summed E-state index contributed by atoms with van der Waals surface area (Å²) in [5.41, 5.74) is -0.866. The first-order valence-corrected chi connectivity index (χ1v) is 7.12. The van der Waals surface area contributed by atoms with Gasteiger partial charge in [-0.3, -0.25) is 19.5 Å². The van der Waals surface area contributed by atoms with Gasteiger partial charge in [0.15, 0.2) is 0 Å². The number of nitrogens with zero attached hydrogens (tertiary/aromatic N) is 2. The van der Waals surface area contributed by atoms with Crippen molar-refractivity contribution in [3.63, 3.8) is 0 Å². The zero-order valence-corrected chi connectivity index (χ0v) is 13.6. The van der Waals surface area contributed by atoms with E-state index in [1.54, 1.807) is 18.2 Å². The van der Waals surface area contributed by atoms with Crippen LogP contribution in [0.4, 0.5) is 0 Å². The second-order valence-corrected chi connectivity index (χ2v) is 5.66. The molecule has 5 N–H and O–H groups in total. The molecule has 1 aromatic carbocycles. The third-order valence-electron chi connectivity index (χ3n) is 3.72. The van der Waals surface area contributed by atoms with Gasteiger partial charge in [0.2, 0.25) is 17.4 Å². The molecular formula is C15H21N3O6. The van der Waals surface area contributed by atoms with Crippen molar-refractivity contribution in [2.45, 2.75) is 11.7 Å². The highest BCUT2D eigenvalue weighted by atomic mass is 16.7. The summed E-state index contributed by atoms with van der Waals surface area (Å²) < 4.78 is 6.48. The Labute approximate surface area is 137 Å². The molecule has 0 aliphatic rings. The van der Waals surface area contributed by atoms with Crippen LogP contribution in [-0.2, 0) is 17.6 Å². The summed E-state index contributed by atoms with van der Waals surface area (Å²) in [4.78, 5) is 12.7. The highest BCUT2D eigenvalue weighted by Gasteiger charge is 2.42. The van der Waals surface area contributed by atoms with Crippen LogP contribution in [0.15, 0.2) is 35.1 Å². The highest BCUT2D eigenvalue weighted by molar-refractivity contribution is 5.37. The van der Waals surface area contributed by atoms with Gasteiger partial charge < -0.3 is 25.2 Å². The van der Waals surface area contributed by atoms with Crippen molar-refractivity contribution in [1.82, 2.24) is 14.7 Å². The average molecular weight is 339 g/mol. The molecule has 1 atom stereocenters. The molecule has 0 saturated heterocycles. The van der Waals surface area contributed by atoms with Crippen molar-refractivity contribution < 1.29 is 25.2 Å². The maximum atomic E-state index is 11.6. The van der Waals surface area contributed by atoms with E-state index in [0.717, 1.165) is 9.58 Å². The van der Waals surface area contributed by atoms with Crippen molar-refractivity contribution in [1.29, 1.82) is 0 Å². The van der Waals surface area contributed by atoms with E-state index >= 15 is 0 Å². The van der Waals surface area contributed by atoms with E-state index in [0.29, 0.717) is 0 Å². The summed E-state index contributed by atoms with van der Waals surface area (Å²) in [6, 6.07) is 8.00. The Balaban J connectivity index is 2.53. The Hall–Kier alpha value is -2.17. The zero-order chi connectivity index (χ0) is 18.1. The lowest BCUT2D eigenvalue weighted by atomic mass is 10.0. The Kier molecular flexibility index (Phi) is 4.83. The Morgan fingerprint density at radius 3 is 2.25 bits per heavy atom. The van der Waals surface area contributed by atoms with E-state index in [-0.39, 0.29) is 11.3 Å². The maximum Gasteiger partial charge on any atom is 0.306 e. The number of nitrogens with one attached hydrogen (secondary N) is 1. The van der Waals surface area contributed by atoms with Gasteiger partial charge in [0.05, 0.1) is 0 Å². The van der Waals surface area contributed by atoms with Gasteiger partial charge in [-0.2, -0.15) is 0 Å². The molecule has 1 unspecified atom stereocenters. The normalized spacial score (nSPS) is 14.8. The Morgan fingerprint density at radius 1 is 1.21 bits per heavy atom. The van der Waals surface area contributed by atoms with Crippen molar-refractivity contribution >= 4 is 0 Å². The van der Waals surface area contributed by atoms with Crippen LogP contribution in [0.2, 0.25) is 0 Å². The Morgan fingerprint density at radius 2 is 1.79 bits per heavy atom. The molecule has 0 bridgehead atoms. The molecule has 1 aromatic heterocycles. The quantitative estimate of drug-likeness (QED) is 0.419. The summed E-state index contributed by atoms with van der Waals surface area (Å²) in [6.45, 7) is -0.718. The number of benzene rings is 1. The molecule has 9 heteroatoms. The van der Waals surface area contributed by atoms with Gasteiger partial charge in [0.1, 0.15) is 12.3 Å². The average Bonchev–Trinajstić information content (AvgIpc) is 2.79. The molecule has 2 aromatic rings. The van der Waals surface area contributed by atoms with Crippen molar-refractivity contribution in [3.05, 3.63) is 51.9 Å². The lowest BCUT2D eigenvalue weighted by molar-refractivity contribution is -0.312. The van der Waals surface area contributed by atoms with E-state index in [9.17, 15) is 25.2 Å². The minimum absolute atomic E-state index is 0.199. The maximum absolute atomic E-state index is 11.6. The molecule has 0 fully saturated rings. The molecule has 0 amide bonds. The van der Waals surface area contributed by atoms with Crippen molar-refractivity contribution in [2.75, 3.05) is 20.7 Å². The van der Waals surface area contributed by atoms with Gasteiger partial charge in [-0.1, -0.05) is 30.3 Å². The van der Waals surface area contributed by atoms with E-state index < -0.39 is 29.6 Å². The predicted octanol–water partition coefficient (Wildman–Crippen LogP) is -1.17. The molecule has 0 aliphatic carbocycles. The van der Waals surface area contributed by atoms with Crippen molar-refractivity contribution in [3.8, 4) is 5.75 Å². The van der Waals surface area contributed by atoms with Gasteiger partial charge in [-0.15, -0.1) is 0 Å². The third-order valence-corrected chi connectivity index (χ3v) is 3.72. The van der Waals surface area contributed by atoms with Crippen LogP contribution in [0.1, 0.15) is 11.3 Å². The van der Waals surface area contributed by atoms with Crippen molar-refractivity contribution in [2.24, 2.45) is 7.05 Å². The van der Waals surface area contributed by atoms with E-state index in [4.69, 9.17) is 4.74 Å². The number of aromatic amines is 1. The van der Waals surface area contributed by atoms with Crippen LogP contribution in [0.3, 0.4) is 0 Å². The molecule has 0 saturated carbocycles. The van der Waals surface area contributed by atoms with Crippen LogP contribution in [-0.4, -0.2) is 61.7 Å². The summed E-state index contributed by atoms with van der Waals surface area (Å²) in [6.07, 6.45) is 0. The molecule has 2 rings (SSSR count). The summed E-state index contributed by atoms with van der Waals surface area (Å²) >= 11 is 0. The lowest BCUT2D eigenvalue weighted by Gasteiger charge is -2.34. The number of rotatable bonds is 6. The van der Waals surface area contributed by atoms with E-state index in [1.165, 1.54) is 33.3 Å². The fraction of sp³-hybridized carbons (Fsp3) is 0.400. The van der Waals surface area contributed by atoms with Gasteiger partial charge >= 0.3 is 5.56 Å². The zero-order valence-electron chi connectivity index (χ0n) is 13.6. The number of aromatic nitrogens is 2. The number of aryl methyl sites for hydroxylation is 1. The number of aliphatic hydroxyl groups is 3. The minimum Gasteiger partial charge on any atom is -0.502 e. The number of likely N-dealkylation sites (N-methyl/N-ethyl adjacent to an activating group) is 1. The standard InChI is InChI=1S/C15H21N3O6/c1-17(2)14(21,22)9-24-15(23,10-7-5-4-6-8-10)12-11(19)13(20)16-18(12)3/h4-8,19,21-23H,9H2,1-3H3,(H,16,20). The number of ether oxygens (including phenoxy) is 1. The van der Waals surface area contributed by atoms with Gasteiger partial charge in [0.25, 0.3) is 0 Å². The fourth-order valence-electron chi connectivity index (χ4n) is 2.20. The van der Waals surface area contributed by atoms with Crippen LogP contribution in [0.5, 0.6) is 5.75 Å². The molecule has 24 heavy (non-hydrogen) atoms. The predicted molar refractivity (Wildman–Crippen MR) is 83.9 cm³/mol. The molecule has 132 valence electrons. The molecule has 1 heterocycles. The number of hydrogen-bond donors (Lipinski definition) is 5. The molecule has 0 radical (unpaired) electrons. The van der Waals surface area contributed by atoms with E-state index in [1.807, 2.05) is 0 Å². The molecule has 9 nitrogen and oxygen atoms in total. The molecule has 0 spiro atoms. The van der Waals surface area contributed by atoms with E-state index in [2.05, 4.69) is 5.10 Å². The minimum atomic E-state index is -2.37. The summed E-state index contributed by atoms with van der Waals surface area (Å²) in [5, 5.41) is 43.2. The SMILES string of the molecule is CN(C)C(O)(O)COC(O)(c1ccccc1)c1c(O)c(=O)[nH]n1C. The second kappa shape index (κ2) is 6.38. The summed E-state index contributed by atoms with van der Waals surface area (Å²) in [5.74, 6) is -5.38. The van der Waals surface area contributed by atoms with Crippen LogP contribution >= 0.6 is 0 Å². The number of H-pyrrole nitrogens is 1. The lowest BCUT2D eigenvalue weighted by Crippen LogP contribution is -2.50. The first kappa shape index (κ1) is 18.2. The largest absolute Gasteiger partial charge is 0.502 e. The van der Waals surface area contributed by atoms with Gasteiger partial charge in [-0.05, 0) is 14.1 Å². The Bertz CT molecular complexity index is 752. The van der Waals surface area contributed by atoms with Gasteiger partial charge in [-0.25, -0.2) is 0 Å². The van der Waals surface area contributed by atoms with Crippen LogP contribution < -0.4 is 5.56 Å². The molecule has 0 aliphatic heterocycles. The van der Waals surface area contributed by atoms with Crippen LogP contribution in [0.25, 0.3) is 0 Å². The monoisotopic (exact) mass is 339 g/mol. The third kappa shape index (κ3) is 3.21. The van der Waals surface area contributed by atoms with Crippen LogP contribution in [0, 0.1) is 0 Å². The smallest absolute Gasteiger partial charge is 0.306 e. The number of hydrogen-bond acceptors (Lipinski definition) is 7. The highest BCUT2D eigenvalue weighted by Crippen LogP contribution is 2.35. The molecular weight excluding hydrogens is 318 g/mol. The second-order valence-electron chi connectivity index (χ2n) is 5.66. The van der Waals surface area contributed by atoms with Gasteiger partial charge in [0, 0.05) is 12.6 Å². The topological polar surface area (TPSA) is 131 Å². The first-order valence-electron chi connectivity index (χ1n) is 7.12. The first-order chi connectivity index (χ1) is 11.1. The number of aromatic hydroxyl groups is 1. The summed E-state index contributed by atoms with van der Waals surface area (Å²) in [7, 11) is 4.23.